The van der Waals surface area contributed by atoms with Gasteiger partial charge in [0.15, 0.2) is 0 Å². The number of rotatable bonds is 2. The van der Waals surface area contributed by atoms with Gasteiger partial charge in [0.05, 0.1) is 0 Å². The second-order valence-electron chi connectivity index (χ2n) is 5.68. The summed E-state index contributed by atoms with van der Waals surface area (Å²) in [6, 6.07) is 17.0. The number of phenols is 1. The van der Waals surface area contributed by atoms with E-state index in [1.54, 1.807) is 24.3 Å². The highest BCUT2D eigenvalue weighted by atomic mass is 16.3. The van der Waals surface area contributed by atoms with Crippen LogP contribution in [0, 0.1) is 0 Å². The molecule has 1 unspecified atom stereocenters. The molecule has 0 aliphatic carbocycles. The van der Waals surface area contributed by atoms with E-state index in [1.165, 1.54) is 5.69 Å². The van der Waals surface area contributed by atoms with Crippen LogP contribution >= 0.6 is 0 Å². The number of aromatic hydroxyl groups is 1. The van der Waals surface area contributed by atoms with Crippen LogP contribution in [-0.4, -0.2) is 41.6 Å². The van der Waals surface area contributed by atoms with Crippen LogP contribution in [-0.2, 0) is 0 Å². The number of para-hydroxylation sites is 1. The molecule has 1 fully saturated rings. The Balaban J connectivity index is 1.69. The number of hydrogen-bond donors (Lipinski definition) is 1. The van der Waals surface area contributed by atoms with E-state index in [0.29, 0.717) is 18.7 Å². The Bertz CT molecular complexity index is 640. The maximum Gasteiger partial charge on any atom is 0.253 e. The molecule has 0 saturated carbocycles. The molecule has 2 aromatic carbocycles. The number of carbonyl (C=O) groups is 1. The molecule has 0 spiro atoms. The second kappa shape index (κ2) is 6.10. The lowest BCUT2D eigenvalue weighted by Gasteiger charge is -2.41. The van der Waals surface area contributed by atoms with Crippen molar-refractivity contribution in [2.24, 2.45) is 0 Å². The van der Waals surface area contributed by atoms with Crippen LogP contribution in [0.25, 0.3) is 0 Å². The summed E-state index contributed by atoms with van der Waals surface area (Å²) in [5, 5.41) is 9.32. The molecule has 22 heavy (non-hydrogen) atoms. The first-order valence-corrected chi connectivity index (χ1v) is 7.55. The molecule has 1 saturated heterocycles. The van der Waals surface area contributed by atoms with Crippen molar-refractivity contribution in [2.45, 2.75) is 13.0 Å². The normalized spacial score (nSPS) is 18.3. The van der Waals surface area contributed by atoms with E-state index in [4.69, 9.17) is 0 Å². The molecule has 114 valence electrons. The minimum absolute atomic E-state index is 0.0274. The van der Waals surface area contributed by atoms with E-state index in [2.05, 4.69) is 24.0 Å². The predicted molar refractivity (Wildman–Crippen MR) is 87.3 cm³/mol. The average molecular weight is 296 g/mol. The Labute approximate surface area is 130 Å². The fraction of sp³-hybridized carbons (Fsp3) is 0.278. The monoisotopic (exact) mass is 296 g/mol. The van der Waals surface area contributed by atoms with Crippen molar-refractivity contribution in [2.75, 3.05) is 24.5 Å². The number of hydrogen-bond acceptors (Lipinski definition) is 3. The molecule has 0 bridgehead atoms. The lowest BCUT2D eigenvalue weighted by atomic mass is 10.1. The summed E-state index contributed by atoms with van der Waals surface area (Å²) in [7, 11) is 0. The molecule has 1 atom stereocenters. The van der Waals surface area contributed by atoms with Gasteiger partial charge in [-0.25, -0.2) is 0 Å². The molecule has 1 heterocycles. The van der Waals surface area contributed by atoms with Crippen LogP contribution in [0.5, 0.6) is 5.75 Å². The Morgan fingerprint density at radius 3 is 2.36 bits per heavy atom. The van der Waals surface area contributed by atoms with Crippen LogP contribution in [0.3, 0.4) is 0 Å². The van der Waals surface area contributed by atoms with E-state index in [1.807, 2.05) is 23.1 Å². The average Bonchev–Trinajstić information content (AvgIpc) is 2.55. The molecule has 4 nitrogen and oxygen atoms in total. The van der Waals surface area contributed by atoms with E-state index in [9.17, 15) is 9.90 Å². The minimum Gasteiger partial charge on any atom is -0.508 e. The van der Waals surface area contributed by atoms with Crippen LogP contribution in [0.4, 0.5) is 5.69 Å². The Morgan fingerprint density at radius 1 is 1.05 bits per heavy atom. The van der Waals surface area contributed by atoms with Gasteiger partial charge in [-0.3, -0.25) is 4.79 Å². The van der Waals surface area contributed by atoms with Gasteiger partial charge in [-0.1, -0.05) is 18.2 Å². The summed E-state index contributed by atoms with van der Waals surface area (Å²) in [6.07, 6.45) is 0. The molecule has 3 rings (SSSR count). The van der Waals surface area contributed by atoms with Gasteiger partial charge >= 0.3 is 0 Å². The number of anilines is 1. The summed E-state index contributed by atoms with van der Waals surface area (Å²) >= 11 is 0. The SMILES string of the molecule is CC1CN(C(=O)c2ccc(O)cc2)CCN1c1ccccc1. The zero-order valence-corrected chi connectivity index (χ0v) is 12.6. The van der Waals surface area contributed by atoms with Crippen molar-refractivity contribution in [3.63, 3.8) is 0 Å². The van der Waals surface area contributed by atoms with Gasteiger partial charge in [-0.2, -0.15) is 0 Å². The largest absolute Gasteiger partial charge is 0.508 e. The molecule has 0 aromatic heterocycles. The number of nitrogens with zero attached hydrogens (tertiary/aromatic N) is 2. The van der Waals surface area contributed by atoms with E-state index < -0.39 is 0 Å². The lowest BCUT2D eigenvalue weighted by Crippen LogP contribution is -2.53. The Morgan fingerprint density at radius 2 is 1.73 bits per heavy atom. The van der Waals surface area contributed by atoms with Crippen LogP contribution in [0.2, 0.25) is 0 Å². The first-order chi connectivity index (χ1) is 10.6. The molecule has 2 aromatic rings. The van der Waals surface area contributed by atoms with E-state index in [-0.39, 0.29) is 17.7 Å². The number of carbonyl (C=O) groups excluding carboxylic acids is 1. The van der Waals surface area contributed by atoms with Crippen LogP contribution < -0.4 is 4.90 Å². The summed E-state index contributed by atoms with van der Waals surface area (Å²) in [6.45, 7) is 4.38. The van der Waals surface area contributed by atoms with Gasteiger partial charge in [0, 0.05) is 36.9 Å². The fourth-order valence-corrected chi connectivity index (χ4v) is 2.93. The number of piperazine rings is 1. The smallest absolute Gasteiger partial charge is 0.253 e. The van der Waals surface area contributed by atoms with Gasteiger partial charge in [0.1, 0.15) is 5.75 Å². The first kappa shape index (κ1) is 14.4. The molecule has 1 aliphatic rings. The number of amides is 1. The lowest BCUT2D eigenvalue weighted by molar-refractivity contribution is 0.0726. The molecule has 1 N–H and O–H groups in total. The van der Waals surface area contributed by atoms with Crippen LogP contribution in [0.15, 0.2) is 54.6 Å². The summed E-state index contributed by atoms with van der Waals surface area (Å²) in [5.41, 5.74) is 1.82. The highest BCUT2D eigenvalue weighted by Crippen LogP contribution is 2.21. The van der Waals surface area contributed by atoms with Crippen LogP contribution in [0.1, 0.15) is 17.3 Å². The Hall–Kier alpha value is -2.49. The predicted octanol–water partition coefficient (Wildman–Crippen LogP) is 2.74. The third-order valence-corrected chi connectivity index (χ3v) is 4.12. The van der Waals surface area contributed by atoms with Gasteiger partial charge in [-0.15, -0.1) is 0 Å². The van der Waals surface area contributed by atoms with Crippen molar-refractivity contribution >= 4 is 11.6 Å². The number of benzene rings is 2. The molecule has 0 radical (unpaired) electrons. The highest BCUT2D eigenvalue weighted by Gasteiger charge is 2.27. The highest BCUT2D eigenvalue weighted by molar-refractivity contribution is 5.94. The molecular formula is C18H20N2O2. The maximum absolute atomic E-state index is 12.5. The van der Waals surface area contributed by atoms with Crippen molar-refractivity contribution in [1.29, 1.82) is 0 Å². The Kier molecular flexibility index (Phi) is 4.00. The van der Waals surface area contributed by atoms with Crippen molar-refractivity contribution in [1.82, 2.24) is 4.90 Å². The quantitative estimate of drug-likeness (QED) is 0.926. The third-order valence-electron chi connectivity index (χ3n) is 4.12. The summed E-state index contributed by atoms with van der Waals surface area (Å²) in [5.74, 6) is 0.207. The topological polar surface area (TPSA) is 43.8 Å². The van der Waals surface area contributed by atoms with Gasteiger partial charge in [0.2, 0.25) is 0 Å². The minimum atomic E-state index is 0.0274. The van der Waals surface area contributed by atoms with E-state index in [0.717, 1.165) is 6.54 Å². The maximum atomic E-state index is 12.5. The van der Waals surface area contributed by atoms with Gasteiger partial charge in [0.25, 0.3) is 5.91 Å². The second-order valence-corrected chi connectivity index (χ2v) is 5.68. The number of phenolic OH excluding ortho intramolecular Hbond substituents is 1. The summed E-state index contributed by atoms with van der Waals surface area (Å²) in [4.78, 5) is 16.7. The standard InChI is InChI=1S/C18H20N2O2/c1-14-13-19(18(22)15-7-9-17(21)10-8-15)11-12-20(14)16-5-3-2-4-6-16/h2-10,14,21H,11-13H2,1H3. The van der Waals surface area contributed by atoms with Crippen molar-refractivity contribution in [3.8, 4) is 5.75 Å². The van der Waals surface area contributed by atoms with Gasteiger partial charge < -0.3 is 14.9 Å². The van der Waals surface area contributed by atoms with Gasteiger partial charge in [-0.05, 0) is 43.3 Å². The first-order valence-electron chi connectivity index (χ1n) is 7.55. The van der Waals surface area contributed by atoms with Crippen molar-refractivity contribution in [3.05, 3.63) is 60.2 Å². The molecule has 1 aliphatic heterocycles. The zero-order chi connectivity index (χ0) is 15.5. The zero-order valence-electron chi connectivity index (χ0n) is 12.6. The van der Waals surface area contributed by atoms with E-state index >= 15 is 0 Å². The van der Waals surface area contributed by atoms with Crippen molar-refractivity contribution < 1.29 is 9.90 Å². The fourth-order valence-electron chi connectivity index (χ4n) is 2.93. The molecular weight excluding hydrogens is 276 g/mol. The molecule has 4 heteroatoms. The summed E-state index contributed by atoms with van der Waals surface area (Å²) < 4.78 is 0. The molecule has 1 amide bonds. The third kappa shape index (κ3) is 2.91.